The lowest BCUT2D eigenvalue weighted by Crippen LogP contribution is -2.28. The van der Waals surface area contributed by atoms with Gasteiger partial charge in [0.15, 0.2) is 0 Å². The molecule has 1 aromatic rings. The van der Waals surface area contributed by atoms with Gasteiger partial charge in [-0.2, -0.15) is 0 Å². The Hall–Kier alpha value is -1.55. The van der Waals surface area contributed by atoms with Crippen molar-refractivity contribution in [1.29, 1.82) is 0 Å². The third-order valence-corrected chi connectivity index (χ3v) is 3.75. The summed E-state index contributed by atoms with van der Waals surface area (Å²) < 4.78 is 5.34. The molecule has 0 heterocycles. The fourth-order valence-electron chi connectivity index (χ4n) is 2.26. The van der Waals surface area contributed by atoms with Gasteiger partial charge in [-0.1, -0.05) is 39.3 Å². The molecule has 0 bridgehead atoms. The van der Waals surface area contributed by atoms with Crippen LogP contribution in [-0.4, -0.2) is 37.1 Å². The number of aryl methyl sites for hydroxylation is 1. The number of benzene rings is 1. The normalized spacial score (nSPS) is 10.9. The van der Waals surface area contributed by atoms with E-state index in [1.807, 2.05) is 12.1 Å². The zero-order valence-corrected chi connectivity index (χ0v) is 13.5. The summed E-state index contributed by atoms with van der Waals surface area (Å²) in [5.41, 5.74) is 8.19. The van der Waals surface area contributed by atoms with Gasteiger partial charge in [0, 0.05) is 12.2 Å². The molecule has 0 fully saturated rings. The summed E-state index contributed by atoms with van der Waals surface area (Å²) in [6.45, 7) is 9.42. The Kier molecular flexibility index (Phi) is 7.83. The van der Waals surface area contributed by atoms with Gasteiger partial charge in [0.25, 0.3) is 0 Å². The Morgan fingerprint density at radius 3 is 2.57 bits per heavy atom. The summed E-state index contributed by atoms with van der Waals surface area (Å²) >= 11 is 0. The van der Waals surface area contributed by atoms with Crippen LogP contribution in [0, 0.1) is 0 Å². The van der Waals surface area contributed by atoms with Gasteiger partial charge in [-0.25, -0.2) is 4.79 Å². The van der Waals surface area contributed by atoms with Crippen LogP contribution in [0.3, 0.4) is 0 Å². The molecule has 1 aromatic carbocycles. The van der Waals surface area contributed by atoms with E-state index in [1.54, 1.807) is 6.07 Å². The van der Waals surface area contributed by atoms with Gasteiger partial charge in [-0.15, -0.1) is 0 Å². The molecule has 1 rings (SSSR count). The molecule has 0 saturated heterocycles. The predicted molar refractivity (Wildman–Crippen MR) is 87.5 cm³/mol. The van der Waals surface area contributed by atoms with E-state index in [4.69, 9.17) is 10.5 Å². The minimum Gasteiger partial charge on any atom is -0.461 e. The first-order valence-electron chi connectivity index (χ1n) is 7.90. The molecule has 0 radical (unpaired) electrons. The number of hydrogen-bond acceptors (Lipinski definition) is 4. The quantitative estimate of drug-likeness (QED) is 0.561. The lowest BCUT2D eigenvalue weighted by atomic mass is 10.0. The van der Waals surface area contributed by atoms with Gasteiger partial charge in [-0.3, -0.25) is 0 Å². The first-order valence-corrected chi connectivity index (χ1v) is 7.90. The van der Waals surface area contributed by atoms with Crippen molar-refractivity contribution in [3.63, 3.8) is 0 Å². The highest BCUT2D eigenvalue weighted by atomic mass is 16.5. The second kappa shape index (κ2) is 9.40. The largest absolute Gasteiger partial charge is 0.461 e. The summed E-state index contributed by atoms with van der Waals surface area (Å²) in [6, 6.07) is 5.60. The minimum absolute atomic E-state index is 0.321. The molecule has 0 aliphatic rings. The molecule has 118 valence electrons. The molecule has 0 amide bonds. The number of anilines is 1. The zero-order chi connectivity index (χ0) is 15.7. The summed E-state index contributed by atoms with van der Waals surface area (Å²) in [6.07, 6.45) is 3.09. The van der Waals surface area contributed by atoms with Crippen molar-refractivity contribution in [3.8, 4) is 0 Å². The van der Waals surface area contributed by atoms with Gasteiger partial charge in [0.1, 0.15) is 6.61 Å². The van der Waals surface area contributed by atoms with Crippen LogP contribution in [0.25, 0.3) is 0 Å². The number of carbonyl (C=O) groups is 1. The van der Waals surface area contributed by atoms with Gasteiger partial charge in [-0.05, 0) is 37.6 Å². The molecule has 0 atom stereocenters. The van der Waals surface area contributed by atoms with E-state index in [2.05, 4.69) is 25.7 Å². The van der Waals surface area contributed by atoms with Crippen molar-refractivity contribution in [2.24, 2.45) is 0 Å². The number of likely N-dealkylation sites (N-methyl/N-ethyl adjacent to an activating group) is 1. The van der Waals surface area contributed by atoms with Gasteiger partial charge < -0.3 is 15.4 Å². The number of ether oxygens (including phenoxy) is 1. The lowest BCUT2D eigenvalue weighted by Gasteiger charge is -2.18. The molecule has 0 saturated carbocycles. The number of para-hydroxylation sites is 1. The molecule has 21 heavy (non-hydrogen) atoms. The number of nitrogens with two attached hydrogens (primary N) is 1. The highest BCUT2D eigenvalue weighted by molar-refractivity contribution is 5.95. The molecule has 0 unspecified atom stereocenters. The molecule has 0 aliphatic carbocycles. The van der Waals surface area contributed by atoms with Crippen molar-refractivity contribution in [3.05, 3.63) is 29.3 Å². The molecular weight excluding hydrogens is 264 g/mol. The Morgan fingerprint density at radius 2 is 1.95 bits per heavy atom. The molecule has 4 heteroatoms. The predicted octanol–water partition coefficient (Wildman–Crippen LogP) is 3.11. The van der Waals surface area contributed by atoms with Crippen LogP contribution in [0.2, 0.25) is 0 Å². The first-order chi connectivity index (χ1) is 10.1. The average Bonchev–Trinajstić information content (AvgIpc) is 2.50. The van der Waals surface area contributed by atoms with Gasteiger partial charge in [0.2, 0.25) is 0 Å². The van der Waals surface area contributed by atoms with Gasteiger partial charge in [0.05, 0.1) is 5.56 Å². The number of rotatable bonds is 9. The second-order valence-corrected chi connectivity index (χ2v) is 5.14. The standard InChI is InChI=1S/C17H28N2O2/c1-4-7-9-14-10-8-11-15(16(14)18)17(20)21-13-12-19(5-2)6-3/h8,10-11H,4-7,9,12-13,18H2,1-3H3. The smallest absolute Gasteiger partial charge is 0.340 e. The number of hydrogen-bond donors (Lipinski definition) is 1. The molecular formula is C17H28N2O2. The number of carbonyl (C=O) groups excluding carboxylic acids is 1. The first kappa shape index (κ1) is 17.5. The van der Waals surface area contributed by atoms with E-state index in [0.717, 1.165) is 44.5 Å². The monoisotopic (exact) mass is 292 g/mol. The van der Waals surface area contributed by atoms with Crippen molar-refractivity contribution in [2.45, 2.75) is 40.0 Å². The van der Waals surface area contributed by atoms with E-state index in [-0.39, 0.29) is 5.97 Å². The van der Waals surface area contributed by atoms with Crippen LogP contribution in [0.5, 0.6) is 0 Å². The highest BCUT2D eigenvalue weighted by Crippen LogP contribution is 2.20. The third kappa shape index (κ3) is 5.38. The SMILES string of the molecule is CCCCc1cccc(C(=O)OCCN(CC)CC)c1N. The Labute approximate surface area is 128 Å². The van der Waals surface area contributed by atoms with Crippen LogP contribution < -0.4 is 5.73 Å². The number of nitrogens with zero attached hydrogens (tertiary/aromatic N) is 1. The lowest BCUT2D eigenvalue weighted by molar-refractivity contribution is 0.0467. The third-order valence-electron chi connectivity index (χ3n) is 3.75. The maximum Gasteiger partial charge on any atom is 0.340 e. The maximum atomic E-state index is 12.1. The van der Waals surface area contributed by atoms with Crippen LogP contribution >= 0.6 is 0 Å². The number of nitrogen functional groups attached to an aromatic ring is 1. The van der Waals surface area contributed by atoms with Crippen molar-refractivity contribution >= 4 is 11.7 Å². The van der Waals surface area contributed by atoms with Crippen molar-refractivity contribution in [1.82, 2.24) is 4.90 Å². The maximum absolute atomic E-state index is 12.1. The number of esters is 1. The van der Waals surface area contributed by atoms with Crippen molar-refractivity contribution < 1.29 is 9.53 Å². The van der Waals surface area contributed by atoms with E-state index < -0.39 is 0 Å². The topological polar surface area (TPSA) is 55.6 Å². The highest BCUT2D eigenvalue weighted by Gasteiger charge is 2.14. The summed E-state index contributed by atoms with van der Waals surface area (Å²) in [7, 11) is 0. The Balaban J connectivity index is 2.61. The zero-order valence-electron chi connectivity index (χ0n) is 13.5. The molecule has 0 aromatic heterocycles. The minimum atomic E-state index is -0.321. The second-order valence-electron chi connectivity index (χ2n) is 5.14. The summed E-state index contributed by atoms with van der Waals surface area (Å²) in [5, 5.41) is 0. The van der Waals surface area contributed by atoms with Crippen LogP contribution in [-0.2, 0) is 11.2 Å². The number of unbranched alkanes of at least 4 members (excludes halogenated alkanes) is 1. The van der Waals surface area contributed by atoms with Gasteiger partial charge >= 0.3 is 5.97 Å². The van der Waals surface area contributed by atoms with E-state index in [1.165, 1.54) is 0 Å². The summed E-state index contributed by atoms with van der Waals surface area (Å²) in [5.74, 6) is -0.321. The Morgan fingerprint density at radius 1 is 1.24 bits per heavy atom. The van der Waals surface area contributed by atoms with Crippen LogP contribution in [0.15, 0.2) is 18.2 Å². The Bertz CT molecular complexity index is 442. The summed E-state index contributed by atoms with van der Waals surface area (Å²) in [4.78, 5) is 14.3. The fraction of sp³-hybridized carbons (Fsp3) is 0.588. The molecule has 4 nitrogen and oxygen atoms in total. The molecule has 2 N–H and O–H groups in total. The van der Waals surface area contributed by atoms with E-state index in [0.29, 0.717) is 17.9 Å². The average molecular weight is 292 g/mol. The van der Waals surface area contributed by atoms with E-state index >= 15 is 0 Å². The fourth-order valence-corrected chi connectivity index (χ4v) is 2.26. The van der Waals surface area contributed by atoms with Crippen LogP contribution in [0.4, 0.5) is 5.69 Å². The van der Waals surface area contributed by atoms with Crippen molar-refractivity contribution in [2.75, 3.05) is 32.0 Å². The van der Waals surface area contributed by atoms with Crippen LogP contribution in [0.1, 0.15) is 49.5 Å². The molecule has 0 spiro atoms. The van der Waals surface area contributed by atoms with E-state index in [9.17, 15) is 4.79 Å². The molecule has 0 aliphatic heterocycles.